The van der Waals surface area contributed by atoms with Crippen molar-refractivity contribution in [3.05, 3.63) is 102 Å². The molecule has 4 rings (SSSR count). The molecule has 1 saturated heterocycles. The molecule has 1 aliphatic heterocycles. The third-order valence-corrected chi connectivity index (χ3v) is 5.08. The average Bonchev–Trinajstić information content (AvgIpc) is 3.12. The number of nitrogens with zero attached hydrogens (tertiary/aromatic N) is 2. The lowest BCUT2D eigenvalue weighted by atomic mass is 10.1. The molecule has 0 spiro atoms. The van der Waals surface area contributed by atoms with Crippen molar-refractivity contribution in [3.8, 4) is 0 Å². The lowest BCUT2D eigenvalue weighted by Gasteiger charge is -2.25. The second-order valence-corrected chi connectivity index (χ2v) is 7.33. The summed E-state index contributed by atoms with van der Waals surface area (Å²) in [6.07, 6.45) is 0.137. The number of hydrogen-bond acceptors (Lipinski definition) is 5. The van der Waals surface area contributed by atoms with Crippen LogP contribution < -0.4 is 4.90 Å². The van der Waals surface area contributed by atoms with Crippen molar-refractivity contribution in [3.63, 3.8) is 0 Å². The molecule has 1 aliphatic rings. The van der Waals surface area contributed by atoms with Gasteiger partial charge in [0.1, 0.15) is 0 Å². The summed E-state index contributed by atoms with van der Waals surface area (Å²) in [5, 5.41) is 0.563. The summed E-state index contributed by atoms with van der Waals surface area (Å²) in [4.78, 5) is 42.9. The first-order valence-electron chi connectivity index (χ1n) is 10.1. The minimum atomic E-state index is -0.729. The molecular weight excluding hydrogens is 392 g/mol. The number of rotatable bonds is 7. The molecule has 0 atom stereocenters. The first-order chi connectivity index (χ1) is 15.1. The molecular formula is C25H22N2O4. The van der Waals surface area contributed by atoms with E-state index in [2.05, 4.69) is 29.2 Å². The fourth-order valence-electron chi connectivity index (χ4n) is 3.45. The SMILES string of the molecule is O=C(ON1C(=O)CCC1=O)c1ccc(N(Cc2ccccc2)Cc2ccccc2)cc1. The lowest BCUT2D eigenvalue weighted by molar-refractivity contribution is -0.172. The quantitative estimate of drug-likeness (QED) is 0.544. The first-order valence-corrected chi connectivity index (χ1v) is 10.1. The largest absolute Gasteiger partial charge is 0.363 e. The summed E-state index contributed by atoms with van der Waals surface area (Å²) in [6, 6.07) is 27.3. The molecule has 0 N–H and O–H groups in total. The van der Waals surface area contributed by atoms with Gasteiger partial charge in [-0.3, -0.25) is 9.59 Å². The topological polar surface area (TPSA) is 66.9 Å². The molecule has 0 aromatic heterocycles. The number of hydroxylamine groups is 2. The van der Waals surface area contributed by atoms with Crippen molar-refractivity contribution in [2.24, 2.45) is 0 Å². The zero-order valence-electron chi connectivity index (χ0n) is 16.9. The van der Waals surface area contributed by atoms with Gasteiger partial charge in [-0.25, -0.2) is 4.79 Å². The van der Waals surface area contributed by atoms with Gasteiger partial charge in [-0.2, -0.15) is 0 Å². The standard InChI is InChI=1S/C25H22N2O4/c28-23-15-16-24(29)27(23)31-25(30)21-11-13-22(14-12-21)26(17-19-7-3-1-4-8-19)18-20-9-5-2-6-10-20/h1-14H,15-18H2. The Balaban J connectivity index is 1.52. The van der Waals surface area contributed by atoms with Crippen LogP contribution in [0.5, 0.6) is 0 Å². The highest BCUT2D eigenvalue weighted by Crippen LogP contribution is 2.22. The van der Waals surface area contributed by atoms with Crippen LogP contribution in [0.25, 0.3) is 0 Å². The Bertz CT molecular complexity index is 1010. The summed E-state index contributed by atoms with van der Waals surface area (Å²) in [6.45, 7) is 1.41. The Morgan fingerprint density at radius 1 is 0.742 bits per heavy atom. The van der Waals surface area contributed by atoms with Crippen LogP contribution in [0.3, 0.4) is 0 Å². The van der Waals surface area contributed by atoms with Crippen LogP contribution >= 0.6 is 0 Å². The van der Waals surface area contributed by atoms with Gasteiger partial charge < -0.3 is 9.74 Å². The van der Waals surface area contributed by atoms with Crippen molar-refractivity contribution >= 4 is 23.5 Å². The third kappa shape index (κ3) is 4.98. The van der Waals surface area contributed by atoms with Crippen LogP contribution in [0.4, 0.5) is 5.69 Å². The van der Waals surface area contributed by atoms with Gasteiger partial charge in [-0.05, 0) is 35.4 Å². The highest BCUT2D eigenvalue weighted by molar-refractivity contribution is 6.02. The van der Waals surface area contributed by atoms with Crippen molar-refractivity contribution in [2.75, 3.05) is 4.90 Å². The van der Waals surface area contributed by atoms with Crippen molar-refractivity contribution in [1.29, 1.82) is 0 Å². The van der Waals surface area contributed by atoms with E-state index in [0.717, 1.165) is 5.69 Å². The Labute approximate surface area is 180 Å². The first kappa shape index (κ1) is 20.3. The molecule has 0 radical (unpaired) electrons. The molecule has 1 heterocycles. The van der Waals surface area contributed by atoms with E-state index in [1.54, 1.807) is 12.1 Å². The molecule has 0 bridgehead atoms. The maximum absolute atomic E-state index is 12.4. The molecule has 1 fully saturated rings. The molecule has 0 unspecified atom stereocenters. The van der Waals surface area contributed by atoms with Gasteiger partial charge in [0.05, 0.1) is 5.56 Å². The maximum atomic E-state index is 12.4. The minimum absolute atomic E-state index is 0.0684. The number of amides is 2. The predicted octanol–water partition coefficient (Wildman–Crippen LogP) is 4.11. The van der Waals surface area contributed by atoms with E-state index in [0.29, 0.717) is 18.2 Å². The highest BCUT2D eigenvalue weighted by atomic mass is 16.7. The smallest absolute Gasteiger partial charge is 0.363 e. The van der Waals surface area contributed by atoms with Crippen molar-refractivity contribution < 1.29 is 19.2 Å². The van der Waals surface area contributed by atoms with Crippen molar-refractivity contribution in [1.82, 2.24) is 5.06 Å². The summed E-state index contributed by atoms with van der Waals surface area (Å²) in [5.41, 5.74) is 3.56. The van der Waals surface area contributed by atoms with E-state index >= 15 is 0 Å². The number of carbonyl (C=O) groups is 3. The van der Waals surface area contributed by atoms with E-state index in [-0.39, 0.29) is 18.4 Å². The second kappa shape index (κ2) is 9.26. The fourth-order valence-corrected chi connectivity index (χ4v) is 3.45. The number of imide groups is 1. The van der Waals surface area contributed by atoms with Crippen LogP contribution in [0.15, 0.2) is 84.9 Å². The van der Waals surface area contributed by atoms with Crippen molar-refractivity contribution in [2.45, 2.75) is 25.9 Å². The normalized spacial score (nSPS) is 13.4. The molecule has 6 nitrogen and oxygen atoms in total. The van der Waals surface area contributed by atoms with Crippen LogP contribution in [0.2, 0.25) is 0 Å². The molecule has 156 valence electrons. The monoisotopic (exact) mass is 414 g/mol. The van der Waals surface area contributed by atoms with Gasteiger partial charge >= 0.3 is 5.97 Å². The van der Waals surface area contributed by atoms with E-state index in [1.165, 1.54) is 11.1 Å². The molecule has 31 heavy (non-hydrogen) atoms. The number of hydrogen-bond donors (Lipinski definition) is 0. The highest BCUT2D eigenvalue weighted by Gasteiger charge is 2.33. The van der Waals surface area contributed by atoms with Gasteiger partial charge in [-0.1, -0.05) is 60.7 Å². The molecule has 3 aromatic carbocycles. The number of carbonyl (C=O) groups excluding carboxylic acids is 3. The molecule has 0 saturated carbocycles. The maximum Gasteiger partial charge on any atom is 0.363 e. The van der Waals surface area contributed by atoms with Crippen LogP contribution in [-0.4, -0.2) is 22.8 Å². The van der Waals surface area contributed by atoms with E-state index in [4.69, 9.17) is 4.84 Å². The van der Waals surface area contributed by atoms with Crippen LogP contribution in [0.1, 0.15) is 34.3 Å². The summed E-state index contributed by atoms with van der Waals surface area (Å²) in [5.74, 6) is -1.72. The predicted molar refractivity (Wildman–Crippen MR) is 116 cm³/mol. The molecule has 2 amide bonds. The van der Waals surface area contributed by atoms with Gasteiger partial charge in [0.2, 0.25) is 0 Å². The van der Waals surface area contributed by atoms with Gasteiger partial charge in [0, 0.05) is 31.6 Å². The minimum Gasteiger partial charge on any atom is -0.363 e. The Hall–Kier alpha value is -3.93. The Morgan fingerprint density at radius 3 is 1.71 bits per heavy atom. The third-order valence-electron chi connectivity index (χ3n) is 5.08. The fraction of sp³-hybridized carbons (Fsp3) is 0.160. The van der Waals surface area contributed by atoms with Crippen LogP contribution in [-0.2, 0) is 27.5 Å². The Morgan fingerprint density at radius 2 is 1.23 bits per heavy atom. The van der Waals surface area contributed by atoms with E-state index < -0.39 is 17.8 Å². The zero-order chi connectivity index (χ0) is 21.6. The van der Waals surface area contributed by atoms with Gasteiger partial charge in [0.25, 0.3) is 11.8 Å². The zero-order valence-corrected chi connectivity index (χ0v) is 16.9. The summed E-state index contributed by atoms with van der Waals surface area (Å²) >= 11 is 0. The van der Waals surface area contributed by atoms with Gasteiger partial charge in [-0.15, -0.1) is 5.06 Å². The molecule has 0 aliphatic carbocycles. The number of benzene rings is 3. The van der Waals surface area contributed by atoms with Gasteiger partial charge in [0.15, 0.2) is 0 Å². The molecule has 6 heteroatoms. The number of anilines is 1. The average molecular weight is 414 g/mol. The second-order valence-electron chi connectivity index (χ2n) is 7.33. The summed E-state index contributed by atoms with van der Waals surface area (Å²) in [7, 11) is 0. The van der Waals surface area contributed by atoms with E-state index in [1.807, 2.05) is 48.5 Å². The lowest BCUT2D eigenvalue weighted by Crippen LogP contribution is -2.32. The Kier molecular flexibility index (Phi) is 6.08. The summed E-state index contributed by atoms with van der Waals surface area (Å²) < 4.78 is 0. The van der Waals surface area contributed by atoms with E-state index in [9.17, 15) is 14.4 Å². The molecule has 3 aromatic rings. The van der Waals surface area contributed by atoms with Crippen LogP contribution in [0, 0.1) is 0 Å².